The Hall–Kier alpha value is -0.680. The highest BCUT2D eigenvalue weighted by molar-refractivity contribution is 5.78. The van der Waals surface area contributed by atoms with E-state index in [1.54, 1.807) is 6.92 Å². The third-order valence-corrected chi connectivity index (χ3v) is 4.69. The Morgan fingerprint density at radius 3 is 1.95 bits per heavy atom. The van der Waals surface area contributed by atoms with Gasteiger partial charge in [0, 0.05) is 12.3 Å². The van der Waals surface area contributed by atoms with Crippen LogP contribution in [0.5, 0.6) is 0 Å². The monoisotopic (exact) mass is 328 g/mol. The normalized spacial score (nSPS) is 23.5. The number of ketones is 1. The molecular weight excluding hydrogens is 303 g/mol. The molecule has 0 aromatic rings. The van der Waals surface area contributed by atoms with Gasteiger partial charge in [0.05, 0.1) is 0 Å². The Balaban J connectivity index is 2.06. The smallest absolute Gasteiger partial charge is 0.300 e. The molecule has 1 saturated carbocycles. The van der Waals surface area contributed by atoms with Crippen LogP contribution in [0.4, 0.5) is 22.0 Å². The van der Waals surface area contributed by atoms with Crippen LogP contribution in [0.2, 0.25) is 0 Å². The zero-order valence-electron chi connectivity index (χ0n) is 13.0. The van der Waals surface area contributed by atoms with Crippen molar-refractivity contribution in [1.29, 1.82) is 0 Å². The average molecular weight is 328 g/mol. The zero-order chi connectivity index (χ0) is 16.8. The molecule has 1 rings (SSSR count). The molecule has 130 valence electrons. The molecule has 0 amide bonds. The second-order valence-corrected chi connectivity index (χ2v) is 6.48. The van der Waals surface area contributed by atoms with Gasteiger partial charge in [-0.1, -0.05) is 25.7 Å². The summed E-state index contributed by atoms with van der Waals surface area (Å²) in [6.07, 6.45) is 0.233. The van der Waals surface area contributed by atoms with Gasteiger partial charge in [0.2, 0.25) is 0 Å². The van der Waals surface area contributed by atoms with Crippen LogP contribution in [0.25, 0.3) is 0 Å². The summed E-state index contributed by atoms with van der Waals surface area (Å²) in [5.41, 5.74) is 0. The van der Waals surface area contributed by atoms with Gasteiger partial charge in [0.1, 0.15) is 5.78 Å². The average Bonchev–Trinajstić information content (AvgIpc) is 2.41. The van der Waals surface area contributed by atoms with Gasteiger partial charge in [-0.2, -0.15) is 22.0 Å². The van der Waals surface area contributed by atoms with Crippen molar-refractivity contribution in [2.45, 2.75) is 83.2 Å². The Morgan fingerprint density at radius 1 is 0.909 bits per heavy atom. The van der Waals surface area contributed by atoms with Crippen LogP contribution in [0.1, 0.15) is 71.1 Å². The highest BCUT2D eigenvalue weighted by Crippen LogP contribution is 2.39. The summed E-state index contributed by atoms with van der Waals surface area (Å²) >= 11 is 0. The molecule has 0 aromatic carbocycles. The summed E-state index contributed by atoms with van der Waals surface area (Å²) in [7, 11) is 0. The van der Waals surface area contributed by atoms with Crippen LogP contribution in [0, 0.1) is 11.8 Å². The van der Waals surface area contributed by atoms with Gasteiger partial charge >= 0.3 is 12.1 Å². The molecule has 0 spiro atoms. The maximum Gasteiger partial charge on any atom is 0.453 e. The molecule has 1 aliphatic rings. The number of hydrogen-bond donors (Lipinski definition) is 0. The van der Waals surface area contributed by atoms with Crippen LogP contribution in [-0.4, -0.2) is 17.9 Å². The molecule has 0 saturated heterocycles. The van der Waals surface area contributed by atoms with Gasteiger partial charge in [-0.25, -0.2) is 0 Å². The van der Waals surface area contributed by atoms with E-state index in [9.17, 15) is 26.7 Å². The standard InChI is InChI=1S/C16H25F5O/c1-12(22)14-9-7-13(8-10-14)6-4-2-3-5-11-15(17,18)16(19,20)21/h13-14H,2-11H2,1H3. The van der Waals surface area contributed by atoms with Gasteiger partial charge in [0.15, 0.2) is 0 Å². The minimum atomic E-state index is -5.43. The molecule has 0 radical (unpaired) electrons. The third kappa shape index (κ3) is 6.21. The van der Waals surface area contributed by atoms with Crippen molar-refractivity contribution < 1.29 is 26.7 Å². The molecule has 1 nitrogen and oxygen atoms in total. The number of halogens is 5. The van der Waals surface area contributed by atoms with E-state index in [0.717, 1.165) is 38.5 Å². The van der Waals surface area contributed by atoms with E-state index in [4.69, 9.17) is 0 Å². The Kier molecular flexibility index (Phi) is 7.26. The highest BCUT2D eigenvalue weighted by Gasteiger charge is 2.56. The predicted octanol–water partition coefficient (Wildman–Crippen LogP) is 5.92. The quantitative estimate of drug-likeness (QED) is 0.399. The summed E-state index contributed by atoms with van der Waals surface area (Å²) < 4.78 is 61.3. The molecule has 6 heteroatoms. The van der Waals surface area contributed by atoms with E-state index in [0.29, 0.717) is 18.8 Å². The van der Waals surface area contributed by atoms with Crippen LogP contribution < -0.4 is 0 Å². The van der Waals surface area contributed by atoms with Crippen LogP contribution in [-0.2, 0) is 4.79 Å². The van der Waals surface area contributed by atoms with E-state index in [1.165, 1.54) is 0 Å². The largest absolute Gasteiger partial charge is 0.453 e. The highest BCUT2D eigenvalue weighted by atomic mass is 19.4. The Bertz CT molecular complexity index is 343. The zero-order valence-corrected chi connectivity index (χ0v) is 13.0. The summed E-state index contributed by atoms with van der Waals surface area (Å²) in [5.74, 6) is -3.53. The lowest BCUT2D eigenvalue weighted by atomic mass is 9.78. The number of alkyl halides is 5. The predicted molar refractivity (Wildman–Crippen MR) is 74.8 cm³/mol. The summed E-state index contributed by atoms with van der Waals surface area (Å²) in [4.78, 5) is 11.2. The minimum Gasteiger partial charge on any atom is -0.300 e. The molecule has 1 aliphatic carbocycles. The number of unbranched alkanes of at least 4 members (excludes halogenated alkanes) is 3. The first-order chi connectivity index (χ1) is 10.1. The fraction of sp³-hybridized carbons (Fsp3) is 0.938. The Morgan fingerprint density at radius 2 is 1.45 bits per heavy atom. The molecule has 1 fully saturated rings. The van der Waals surface area contributed by atoms with Crippen LogP contribution in [0.15, 0.2) is 0 Å². The lowest BCUT2D eigenvalue weighted by Crippen LogP contribution is -2.36. The van der Waals surface area contributed by atoms with Crippen LogP contribution in [0.3, 0.4) is 0 Å². The third-order valence-electron chi connectivity index (χ3n) is 4.69. The first-order valence-corrected chi connectivity index (χ1v) is 8.08. The van der Waals surface area contributed by atoms with Crippen molar-refractivity contribution in [2.75, 3.05) is 0 Å². The maximum absolute atomic E-state index is 12.7. The number of Topliss-reactive ketones (excluding diaryl/α,β-unsaturated/α-hetero) is 1. The van der Waals surface area contributed by atoms with Gasteiger partial charge < -0.3 is 0 Å². The topological polar surface area (TPSA) is 17.1 Å². The lowest BCUT2D eigenvalue weighted by Gasteiger charge is -2.26. The number of rotatable bonds is 8. The summed E-state index contributed by atoms with van der Waals surface area (Å²) in [6.45, 7) is 1.63. The number of hydrogen-bond acceptors (Lipinski definition) is 1. The van der Waals surface area contributed by atoms with Gasteiger partial charge in [-0.05, 0) is 44.9 Å². The van der Waals surface area contributed by atoms with Gasteiger partial charge in [-0.15, -0.1) is 0 Å². The molecule has 0 aliphatic heterocycles. The number of carbonyl (C=O) groups is 1. The molecule has 22 heavy (non-hydrogen) atoms. The molecule has 0 atom stereocenters. The van der Waals surface area contributed by atoms with Crippen molar-refractivity contribution in [3.05, 3.63) is 0 Å². The van der Waals surface area contributed by atoms with E-state index < -0.39 is 18.5 Å². The van der Waals surface area contributed by atoms with Crippen molar-refractivity contribution in [1.82, 2.24) is 0 Å². The van der Waals surface area contributed by atoms with Crippen LogP contribution >= 0.6 is 0 Å². The molecule has 0 heterocycles. The summed E-state index contributed by atoms with van der Waals surface area (Å²) in [5, 5.41) is 0. The Labute approximate surface area is 128 Å². The SMILES string of the molecule is CC(=O)C1CCC(CCCCCCC(F)(F)C(F)(F)F)CC1. The van der Waals surface area contributed by atoms with E-state index >= 15 is 0 Å². The number of carbonyl (C=O) groups excluding carboxylic acids is 1. The van der Waals surface area contributed by atoms with E-state index in [1.807, 2.05) is 0 Å². The maximum atomic E-state index is 12.7. The first-order valence-electron chi connectivity index (χ1n) is 8.08. The van der Waals surface area contributed by atoms with Gasteiger partial charge in [-0.3, -0.25) is 4.79 Å². The lowest BCUT2D eigenvalue weighted by molar-refractivity contribution is -0.284. The molecule has 0 N–H and O–H groups in total. The minimum absolute atomic E-state index is 0.0937. The molecule has 0 aromatic heterocycles. The van der Waals surface area contributed by atoms with Crippen molar-refractivity contribution in [3.8, 4) is 0 Å². The second kappa shape index (κ2) is 8.25. The van der Waals surface area contributed by atoms with E-state index in [2.05, 4.69) is 0 Å². The molecule has 0 bridgehead atoms. The van der Waals surface area contributed by atoms with Gasteiger partial charge in [0.25, 0.3) is 0 Å². The fourth-order valence-electron chi connectivity index (χ4n) is 3.13. The van der Waals surface area contributed by atoms with Crippen molar-refractivity contribution in [2.24, 2.45) is 11.8 Å². The fourth-order valence-corrected chi connectivity index (χ4v) is 3.13. The van der Waals surface area contributed by atoms with Crippen molar-refractivity contribution in [3.63, 3.8) is 0 Å². The van der Waals surface area contributed by atoms with Crippen molar-refractivity contribution >= 4 is 5.78 Å². The summed E-state index contributed by atoms with van der Waals surface area (Å²) in [6, 6.07) is 0. The molecule has 0 unspecified atom stereocenters. The first kappa shape index (κ1) is 19.4. The molecular formula is C16H25F5O. The second-order valence-electron chi connectivity index (χ2n) is 6.48. The van der Waals surface area contributed by atoms with E-state index in [-0.39, 0.29) is 18.1 Å².